The van der Waals surface area contributed by atoms with Crippen LogP contribution in [0.15, 0.2) is 6.07 Å². The van der Waals surface area contributed by atoms with Crippen LogP contribution in [0.3, 0.4) is 0 Å². The van der Waals surface area contributed by atoms with Crippen molar-refractivity contribution < 1.29 is 0 Å². The average Bonchev–Trinajstić information content (AvgIpc) is 2.69. The van der Waals surface area contributed by atoms with Gasteiger partial charge in [0.1, 0.15) is 11.6 Å². The van der Waals surface area contributed by atoms with Gasteiger partial charge in [-0.3, -0.25) is 4.40 Å². The predicted molar refractivity (Wildman–Crippen MR) is 67.2 cm³/mol. The molecule has 0 spiro atoms. The zero-order valence-corrected chi connectivity index (χ0v) is 10.9. The molecule has 92 valence electrons. The Morgan fingerprint density at radius 2 is 2.12 bits per heavy atom. The molecule has 0 radical (unpaired) electrons. The van der Waals surface area contributed by atoms with E-state index in [2.05, 4.69) is 34.3 Å². The number of aryl methyl sites for hydroxylation is 2. The molecule has 0 saturated heterocycles. The van der Waals surface area contributed by atoms with Crippen LogP contribution < -0.4 is 5.32 Å². The predicted octanol–water partition coefficient (Wildman–Crippen LogP) is 1.45. The first kappa shape index (κ1) is 12.0. The minimum absolute atomic E-state index is 0.327. The lowest BCUT2D eigenvalue weighted by atomic mass is 10.1. The third-order valence-corrected chi connectivity index (χ3v) is 2.85. The Labute approximate surface area is 101 Å². The average molecular weight is 233 g/mol. The Hall–Kier alpha value is -1.49. The summed E-state index contributed by atoms with van der Waals surface area (Å²) in [5.41, 5.74) is 1.86. The topological polar surface area (TPSA) is 55.1 Å². The second-order valence-electron chi connectivity index (χ2n) is 4.41. The molecule has 1 atom stereocenters. The number of nitrogens with zero attached hydrogens (tertiary/aromatic N) is 4. The second kappa shape index (κ2) is 4.79. The lowest BCUT2D eigenvalue weighted by molar-refractivity contribution is 0.599. The Morgan fingerprint density at radius 1 is 1.35 bits per heavy atom. The van der Waals surface area contributed by atoms with Crippen molar-refractivity contribution in [2.75, 3.05) is 13.1 Å². The summed E-state index contributed by atoms with van der Waals surface area (Å²) in [6.45, 7) is 10.1. The highest BCUT2D eigenvalue weighted by Gasteiger charge is 2.15. The number of hydrogen-bond donors (Lipinski definition) is 1. The number of nitrogens with one attached hydrogen (secondary N) is 1. The van der Waals surface area contributed by atoms with E-state index in [4.69, 9.17) is 0 Å². The minimum Gasteiger partial charge on any atom is -0.316 e. The molecule has 17 heavy (non-hydrogen) atoms. The van der Waals surface area contributed by atoms with Gasteiger partial charge >= 0.3 is 0 Å². The van der Waals surface area contributed by atoms with Crippen LogP contribution in [0.25, 0.3) is 5.65 Å². The van der Waals surface area contributed by atoms with Gasteiger partial charge in [-0.15, -0.1) is 10.2 Å². The van der Waals surface area contributed by atoms with Crippen molar-refractivity contribution in [3.8, 4) is 0 Å². The van der Waals surface area contributed by atoms with Gasteiger partial charge in [-0.25, -0.2) is 4.98 Å². The zero-order valence-electron chi connectivity index (χ0n) is 10.9. The van der Waals surface area contributed by atoms with Gasteiger partial charge in [-0.1, -0.05) is 13.8 Å². The molecule has 0 fully saturated rings. The summed E-state index contributed by atoms with van der Waals surface area (Å²) in [6.07, 6.45) is 0. The van der Waals surface area contributed by atoms with Gasteiger partial charge in [0.25, 0.3) is 0 Å². The number of fused-ring (bicyclic) bond motifs is 1. The zero-order chi connectivity index (χ0) is 12.4. The van der Waals surface area contributed by atoms with Crippen LogP contribution in [0.1, 0.15) is 37.1 Å². The SMILES string of the molecule is CCNCC(C)c1nnc2cc(C)nc(C)n12. The third kappa shape index (κ3) is 2.29. The Morgan fingerprint density at radius 3 is 2.82 bits per heavy atom. The second-order valence-corrected chi connectivity index (χ2v) is 4.41. The van der Waals surface area contributed by atoms with Crippen LogP contribution >= 0.6 is 0 Å². The first-order valence-electron chi connectivity index (χ1n) is 6.03. The molecular weight excluding hydrogens is 214 g/mol. The van der Waals surface area contributed by atoms with Gasteiger partial charge in [-0.2, -0.15) is 0 Å². The van der Waals surface area contributed by atoms with Crippen molar-refractivity contribution in [2.24, 2.45) is 0 Å². The van der Waals surface area contributed by atoms with E-state index >= 15 is 0 Å². The van der Waals surface area contributed by atoms with Gasteiger partial charge in [0.2, 0.25) is 0 Å². The van der Waals surface area contributed by atoms with Crippen molar-refractivity contribution in [2.45, 2.75) is 33.6 Å². The van der Waals surface area contributed by atoms with E-state index < -0.39 is 0 Å². The molecule has 2 aromatic rings. The smallest absolute Gasteiger partial charge is 0.164 e. The molecule has 0 aliphatic heterocycles. The molecule has 0 aliphatic rings. The largest absolute Gasteiger partial charge is 0.316 e. The Kier molecular flexibility index (Phi) is 3.38. The molecular formula is C12H19N5. The van der Waals surface area contributed by atoms with E-state index in [1.54, 1.807) is 0 Å². The maximum Gasteiger partial charge on any atom is 0.164 e. The number of hydrogen-bond acceptors (Lipinski definition) is 4. The van der Waals surface area contributed by atoms with E-state index in [9.17, 15) is 0 Å². The van der Waals surface area contributed by atoms with Gasteiger partial charge < -0.3 is 5.32 Å². The fourth-order valence-corrected chi connectivity index (χ4v) is 2.03. The molecule has 2 aromatic heterocycles. The molecule has 0 aliphatic carbocycles. The fraction of sp³-hybridized carbons (Fsp3) is 0.583. The number of aromatic nitrogens is 4. The summed E-state index contributed by atoms with van der Waals surface area (Å²) in [4.78, 5) is 4.46. The van der Waals surface area contributed by atoms with Crippen molar-refractivity contribution >= 4 is 5.65 Å². The fourth-order valence-electron chi connectivity index (χ4n) is 2.03. The summed E-state index contributed by atoms with van der Waals surface area (Å²) >= 11 is 0. The highest BCUT2D eigenvalue weighted by Crippen LogP contribution is 2.15. The van der Waals surface area contributed by atoms with Crippen molar-refractivity contribution in [1.82, 2.24) is 24.9 Å². The van der Waals surface area contributed by atoms with Crippen LogP contribution in [0.2, 0.25) is 0 Å². The maximum atomic E-state index is 4.46. The normalized spacial score (nSPS) is 13.2. The first-order chi connectivity index (χ1) is 8.13. The maximum absolute atomic E-state index is 4.46. The third-order valence-electron chi connectivity index (χ3n) is 2.85. The summed E-state index contributed by atoms with van der Waals surface area (Å²) in [7, 11) is 0. The lowest BCUT2D eigenvalue weighted by Gasteiger charge is -2.11. The summed E-state index contributed by atoms with van der Waals surface area (Å²) < 4.78 is 2.04. The van der Waals surface area contributed by atoms with Crippen LogP contribution in [0.4, 0.5) is 0 Å². The summed E-state index contributed by atoms with van der Waals surface area (Å²) in [5.74, 6) is 2.25. The highest BCUT2D eigenvalue weighted by atomic mass is 15.3. The number of likely N-dealkylation sites (N-methyl/N-ethyl adjacent to an activating group) is 1. The van der Waals surface area contributed by atoms with Gasteiger partial charge in [0, 0.05) is 24.2 Å². The standard InChI is InChI=1S/C12H19N5/c1-5-13-7-8(2)12-16-15-11-6-9(3)14-10(4)17(11)12/h6,8,13H,5,7H2,1-4H3. The Balaban J connectivity index is 2.41. The minimum atomic E-state index is 0.327. The quantitative estimate of drug-likeness (QED) is 0.868. The molecule has 1 unspecified atom stereocenters. The molecule has 0 saturated carbocycles. The van der Waals surface area contributed by atoms with E-state index in [1.165, 1.54) is 0 Å². The van der Waals surface area contributed by atoms with Crippen LogP contribution in [-0.2, 0) is 0 Å². The van der Waals surface area contributed by atoms with E-state index in [0.29, 0.717) is 5.92 Å². The molecule has 0 bridgehead atoms. The molecule has 2 rings (SSSR count). The van der Waals surface area contributed by atoms with E-state index in [1.807, 2.05) is 24.3 Å². The van der Waals surface area contributed by atoms with E-state index in [0.717, 1.165) is 36.1 Å². The lowest BCUT2D eigenvalue weighted by Crippen LogP contribution is -2.21. The van der Waals surface area contributed by atoms with Crippen molar-refractivity contribution in [3.63, 3.8) is 0 Å². The highest BCUT2D eigenvalue weighted by molar-refractivity contribution is 5.40. The van der Waals surface area contributed by atoms with Crippen LogP contribution in [0.5, 0.6) is 0 Å². The monoisotopic (exact) mass is 233 g/mol. The van der Waals surface area contributed by atoms with Gasteiger partial charge in [-0.05, 0) is 20.4 Å². The summed E-state index contributed by atoms with van der Waals surface area (Å²) in [5, 5.41) is 11.8. The van der Waals surface area contributed by atoms with Crippen LogP contribution in [0, 0.1) is 13.8 Å². The van der Waals surface area contributed by atoms with Crippen molar-refractivity contribution in [1.29, 1.82) is 0 Å². The molecule has 5 nitrogen and oxygen atoms in total. The van der Waals surface area contributed by atoms with E-state index in [-0.39, 0.29) is 0 Å². The number of rotatable bonds is 4. The first-order valence-corrected chi connectivity index (χ1v) is 6.03. The molecule has 0 amide bonds. The molecule has 0 aromatic carbocycles. The summed E-state index contributed by atoms with van der Waals surface area (Å²) in [6, 6.07) is 1.96. The van der Waals surface area contributed by atoms with Crippen LogP contribution in [-0.4, -0.2) is 32.7 Å². The molecule has 2 heterocycles. The molecule has 5 heteroatoms. The van der Waals surface area contributed by atoms with Gasteiger partial charge in [0.05, 0.1) is 0 Å². The molecule has 1 N–H and O–H groups in total. The van der Waals surface area contributed by atoms with Gasteiger partial charge in [0.15, 0.2) is 5.65 Å². The van der Waals surface area contributed by atoms with Crippen molar-refractivity contribution in [3.05, 3.63) is 23.4 Å². The Bertz CT molecular complexity index is 517.